The van der Waals surface area contributed by atoms with Gasteiger partial charge in [0.2, 0.25) is 5.91 Å². The summed E-state index contributed by atoms with van der Waals surface area (Å²) in [5, 5.41) is 5.83. The average molecular weight is 141 g/mol. The minimum Gasteiger partial charge on any atom is -0.340 e. The van der Waals surface area contributed by atoms with Crippen LogP contribution in [0, 0.1) is 5.41 Å². The molecule has 2 aliphatic heterocycles. The van der Waals surface area contributed by atoms with E-state index in [-0.39, 0.29) is 17.5 Å². The normalized spacial score (nSPS) is 35.7. The second-order valence-corrected chi connectivity index (χ2v) is 3.19. The Hall–Kier alpha value is -0.610. The molecule has 0 aromatic heterocycles. The molecule has 0 saturated carbocycles. The van der Waals surface area contributed by atoms with Crippen LogP contribution in [0.5, 0.6) is 0 Å². The number of hydrogen-bond acceptors (Lipinski definition) is 3. The van der Waals surface area contributed by atoms with Gasteiger partial charge in [0.25, 0.3) is 0 Å². The average Bonchev–Trinajstić information content (AvgIpc) is 2.04. The minimum atomic E-state index is -0.124. The van der Waals surface area contributed by atoms with E-state index in [1.807, 2.05) is 0 Å². The number of amides is 1. The minimum absolute atomic E-state index is 0.0527. The van der Waals surface area contributed by atoms with Crippen LogP contribution in [0.2, 0.25) is 0 Å². The van der Waals surface area contributed by atoms with Gasteiger partial charge in [-0.3, -0.25) is 4.79 Å². The van der Waals surface area contributed by atoms with Crippen LogP contribution < -0.4 is 16.4 Å². The van der Waals surface area contributed by atoms with Crippen LogP contribution in [-0.4, -0.2) is 25.2 Å². The molecule has 0 aliphatic carbocycles. The number of hydrogen-bond donors (Lipinski definition) is 3. The van der Waals surface area contributed by atoms with E-state index < -0.39 is 0 Å². The second-order valence-electron chi connectivity index (χ2n) is 3.19. The molecule has 2 aliphatic rings. The van der Waals surface area contributed by atoms with Crippen molar-refractivity contribution in [1.82, 2.24) is 10.6 Å². The highest BCUT2D eigenvalue weighted by Crippen LogP contribution is 2.32. The summed E-state index contributed by atoms with van der Waals surface area (Å²) in [6.07, 6.45) is 0.475. The summed E-state index contributed by atoms with van der Waals surface area (Å²) in [6, 6.07) is 0. The van der Waals surface area contributed by atoms with Gasteiger partial charge in [-0.1, -0.05) is 0 Å². The molecular weight excluding hydrogens is 130 g/mol. The van der Waals surface area contributed by atoms with Crippen LogP contribution >= 0.6 is 0 Å². The van der Waals surface area contributed by atoms with E-state index in [1.54, 1.807) is 0 Å². The van der Waals surface area contributed by atoms with E-state index in [2.05, 4.69) is 10.6 Å². The molecule has 4 N–H and O–H groups in total. The molecule has 0 aromatic carbocycles. The lowest BCUT2D eigenvalue weighted by Gasteiger charge is -2.40. The zero-order valence-corrected chi connectivity index (χ0v) is 5.68. The molecule has 1 unspecified atom stereocenters. The van der Waals surface area contributed by atoms with Crippen molar-refractivity contribution in [3.8, 4) is 0 Å². The summed E-state index contributed by atoms with van der Waals surface area (Å²) < 4.78 is 0. The number of nitrogens with two attached hydrogens (primary N) is 1. The lowest BCUT2D eigenvalue weighted by Crippen LogP contribution is -2.62. The van der Waals surface area contributed by atoms with Crippen molar-refractivity contribution < 1.29 is 4.79 Å². The topological polar surface area (TPSA) is 67.1 Å². The molecule has 1 amide bonds. The number of nitrogens with one attached hydrogen (secondary N) is 2. The summed E-state index contributed by atoms with van der Waals surface area (Å²) in [5.41, 5.74) is 5.75. The molecule has 2 heterocycles. The Morgan fingerprint density at radius 3 is 2.50 bits per heavy atom. The molecular formula is C6H11N3O. The van der Waals surface area contributed by atoms with Gasteiger partial charge < -0.3 is 16.4 Å². The Morgan fingerprint density at radius 1 is 1.60 bits per heavy atom. The fourth-order valence-electron chi connectivity index (χ4n) is 1.60. The third-order valence-corrected chi connectivity index (χ3v) is 2.44. The molecule has 2 saturated heterocycles. The molecule has 0 aromatic rings. The molecule has 56 valence electrons. The highest BCUT2D eigenvalue weighted by molar-refractivity contribution is 5.80. The van der Waals surface area contributed by atoms with E-state index in [1.165, 1.54) is 0 Å². The zero-order chi connectivity index (χ0) is 7.19. The van der Waals surface area contributed by atoms with Crippen molar-refractivity contribution in [2.75, 3.05) is 13.1 Å². The highest BCUT2D eigenvalue weighted by atomic mass is 16.2. The summed E-state index contributed by atoms with van der Waals surface area (Å²) in [4.78, 5) is 10.8. The molecule has 4 heteroatoms. The SMILES string of the molecule is NC1NC(=O)CC12CNC2. The van der Waals surface area contributed by atoms with Gasteiger partial charge in [0.1, 0.15) is 0 Å². The molecule has 1 atom stereocenters. The maximum absolute atomic E-state index is 10.8. The predicted molar refractivity (Wildman–Crippen MR) is 36.0 cm³/mol. The smallest absolute Gasteiger partial charge is 0.222 e. The zero-order valence-electron chi connectivity index (χ0n) is 5.68. The number of carbonyl (C=O) groups is 1. The Kier molecular flexibility index (Phi) is 1.04. The predicted octanol–water partition coefficient (Wildman–Crippen LogP) is -1.62. The van der Waals surface area contributed by atoms with E-state index in [9.17, 15) is 4.79 Å². The van der Waals surface area contributed by atoms with Crippen molar-refractivity contribution in [2.24, 2.45) is 11.1 Å². The molecule has 10 heavy (non-hydrogen) atoms. The summed E-state index contributed by atoms with van der Waals surface area (Å²) in [5.74, 6) is 0.0917. The Balaban J connectivity index is 2.15. The maximum Gasteiger partial charge on any atom is 0.222 e. The van der Waals surface area contributed by atoms with E-state index in [0.29, 0.717) is 6.42 Å². The Bertz CT molecular complexity index is 176. The first-order valence-corrected chi connectivity index (χ1v) is 3.49. The van der Waals surface area contributed by atoms with Crippen LogP contribution in [0.4, 0.5) is 0 Å². The van der Waals surface area contributed by atoms with Crippen LogP contribution in [0.25, 0.3) is 0 Å². The van der Waals surface area contributed by atoms with Gasteiger partial charge in [0.15, 0.2) is 0 Å². The molecule has 0 radical (unpaired) electrons. The molecule has 2 rings (SSSR count). The van der Waals surface area contributed by atoms with Crippen LogP contribution in [-0.2, 0) is 4.79 Å². The van der Waals surface area contributed by atoms with Crippen LogP contribution in [0.1, 0.15) is 6.42 Å². The molecule has 1 spiro atoms. The first-order chi connectivity index (χ1) is 4.73. The van der Waals surface area contributed by atoms with E-state index >= 15 is 0 Å². The maximum atomic E-state index is 10.8. The van der Waals surface area contributed by atoms with Gasteiger partial charge in [0.05, 0.1) is 6.17 Å². The quantitative estimate of drug-likeness (QED) is 0.380. The van der Waals surface area contributed by atoms with Crippen LogP contribution in [0.15, 0.2) is 0 Å². The Labute approximate surface area is 59.2 Å². The van der Waals surface area contributed by atoms with Gasteiger partial charge in [-0.25, -0.2) is 0 Å². The third-order valence-electron chi connectivity index (χ3n) is 2.44. The summed E-state index contributed by atoms with van der Waals surface area (Å²) in [6.45, 7) is 1.76. The van der Waals surface area contributed by atoms with Gasteiger partial charge >= 0.3 is 0 Å². The second kappa shape index (κ2) is 1.71. The number of carbonyl (C=O) groups excluding carboxylic acids is 1. The first-order valence-electron chi connectivity index (χ1n) is 3.49. The van der Waals surface area contributed by atoms with Crippen molar-refractivity contribution in [1.29, 1.82) is 0 Å². The lowest BCUT2D eigenvalue weighted by atomic mass is 9.78. The summed E-state index contributed by atoms with van der Waals surface area (Å²) >= 11 is 0. The van der Waals surface area contributed by atoms with Crippen molar-refractivity contribution in [3.05, 3.63) is 0 Å². The van der Waals surface area contributed by atoms with Gasteiger partial charge in [-0.05, 0) is 0 Å². The fourth-order valence-corrected chi connectivity index (χ4v) is 1.60. The van der Waals surface area contributed by atoms with E-state index in [0.717, 1.165) is 13.1 Å². The molecule has 2 fully saturated rings. The third kappa shape index (κ3) is 0.602. The largest absolute Gasteiger partial charge is 0.340 e. The Morgan fingerprint density at radius 2 is 2.30 bits per heavy atom. The lowest BCUT2D eigenvalue weighted by molar-refractivity contribution is -0.119. The van der Waals surface area contributed by atoms with Gasteiger partial charge in [-0.15, -0.1) is 0 Å². The highest BCUT2D eigenvalue weighted by Gasteiger charge is 2.49. The van der Waals surface area contributed by atoms with Gasteiger partial charge in [0, 0.05) is 24.9 Å². The molecule has 0 bridgehead atoms. The van der Waals surface area contributed by atoms with E-state index in [4.69, 9.17) is 5.73 Å². The van der Waals surface area contributed by atoms with Gasteiger partial charge in [-0.2, -0.15) is 0 Å². The standard InChI is InChI=1S/C6H11N3O/c7-5-6(2-8-3-6)1-4(10)9-5/h5,8H,1-3,7H2,(H,9,10). The molecule has 4 nitrogen and oxygen atoms in total. The van der Waals surface area contributed by atoms with Crippen LogP contribution in [0.3, 0.4) is 0 Å². The van der Waals surface area contributed by atoms with Crippen molar-refractivity contribution in [3.63, 3.8) is 0 Å². The monoisotopic (exact) mass is 141 g/mol. The first kappa shape index (κ1) is 6.12. The summed E-state index contributed by atoms with van der Waals surface area (Å²) in [7, 11) is 0. The van der Waals surface area contributed by atoms with Crippen molar-refractivity contribution >= 4 is 5.91 Å². The van der Waals surface area contributed by atoms with Crippen molar-refractivity contribution in [2.45, 2.75) is 12.6 Å². The fraction of sp³-hybridized carbons (Fsp3) is 0.833. The number of rotatable bonds is 0.